The molecule has 0 spiro atoms. The van der Waals surface area contributed by atoms with Crippen LogP contribution in [0.5, 0.6) is 0 Å². The zero-order valence-corrected chi connectivity index (χ0v) is 11.5. The average molecular weight is 255 g/mol. The molecule has 2 unspecified atom stereocenters. The molecule has 2 rings (SSSR count). The van der Waals surface area contributed by atoms with Gasteiger partial charge in [0.15, 0.2) is 0 Å². The molecule has 0 bridgehead atoms. The number of hydrogen-bond acceptors (Lipinski definition) is 4. The number of nitrogens with zero attached hydrogens (tertiary/aromatic N) is 2. The molecule has 0 aliphatic carbocycles. The van der Waals surface area contributed by atoms with Crippen molar-refractivity contribution < 1.29 is 9.53 Å². The van der Waals surface area contributed by atoms with Crippen molar-refractivity contribution in [2.75, 3.05) is 45.9 Å². The Morgan fingerprint density at radius 2 is 2.06 bits per heavy atom. The minimum atomic E-state index is -0.521. The molecular weight excluding hydrogens is 230 g/mol. The number of rotatable bonds is 3. The predicted molar refractivity (Wildman–Crippen MR) is 70.2 cm³/mol. The van der Waals surface area contributed by atoms with Gasteiger partial charge in [-0.2, -0.15) is 0 Å². The SMILES string of the molecule is CCCN1CCN(C(=O)C2(C)COCC2N)CC1. The highest BCUT2D eigenvalue weighted by Gasteiger charge is 2.46. The summed E-state index contributed by atoms with van der Waals surface area (Å²) in [5, 5.41) is 0. The molecule has 2 fully saturated rings. The smallest absolute Gasteiger partial charge is 0.232 e. The molecule has 5 heteroatoms. The number of hydrogen-bond donors (Lipinski definition) is 1. The summed E-state index contributed by atoms with van der Waals surface area (Å²) in [6.45, 7) is 9.81. The summed E-state index contributed by atoms with van der Waals surface area (Å²) in [7, 11) is 0. The topological polar surface area (TPSA) is 58.8 Å². The molecule has 0 aromatic rings. The average Bonchev–Trinajstić information content (AvgIpc) is 2.71. The Morgan fingerprint density at radius 3 is 2.56 bits per heavy atom. The molecule has 104 valence electrons. The third kappa shape index (κ3) is 2.53. The summed E-state index contributed by atoms with van der Waals surface area (Å²) in [5.74, 6) is 0.170. The van der Waals surface area contributed by atoms with E-state index in [2.05, 4.69) is 11.8 Å². The molecule has 0 saturated carbocycles. The monoisotopic (exact) mass is 255 g/mol. The van der Waals surface area contributed by atoms with Crippen molar-refractivity contribution in [1.82, 2.24) is 9.80 Å². The number of ether oxygens (including phenoxy) is 1. The zero-order valence-electron chi connectivity index (χ0n) is 11.5. The number of carbonyl (C=O) groups excluding carboxylic acids is 1. The van der Waals surface area contributed by atoms with Crippen LogP contribution < -0.4 is 5.73 Å². The van der Waals surface area contributed by atoms with Crippen LogP contribution in [0.1, 0.15) is 20.3 Å². The first-order valence-corrected chi connectivity index (χ1v) is 6.93. The number of amides is 1. The van der Waals surface area contributed by atoms with E-state index in [-0.39, 0.29) is 11.9 Å². The van der Waals surface area contributed by atoms with E-state index in [0.29, 0.717) is 13.2 Å². The van der Waals surface area contributed by atoms with Crippen molar-refractivity contribution in [2.45, 2.75) is 26.3 Å². The maximum atomic E-state index is 12.5. The normalized spacial score (nSPS) is 33.9. The molecule has 5 nitrogen and oxygen atoms in total. The quantitative estimate of drug-likeness (QED) is 0.765. The fraction of sp³-hybridized carbons (Fsp3) is 0.923. The van der Waals surface area contributed by atoms with Gasteiger partial charge in [0, 0.05) is 32.2 Å². The van der Waals surface area contributed by atoms with Crippen LogP contribution in [0.3, 0.4) is 0 Å². The van der Waals surface area contributed by atoms with E-state index < -0.39 is 5.41 Å². The summed E-state index contributed by atoms with van der Waals surface area (Å²) < 4.78 is 5.36. The highest BCUT2D eigenvalue weighted by atomic mass is 16.5. The van der Waals surface area contributed by atoms with E-state index in [1.54, 1.807) is 0 Å². The molecule has 0 radical (unpaired) electrons. The first-order valence-electron chi connectivity index (χ1n) is 6.93. The molecule has 2 saturated heterocycles. The number of nitrogens with two attached hydrogens (primary N) is 1. The highest BCUT2D eigenvalue weighted by molar-refractivity contribution is 5.83. The molecule has 0 aromatic carbocycles. The van der Waals surface area contributed by atoms with Crippen LogP contribution in [0.15, 0.2) is 0 Å². The standard InChI is InChI=1S/C13H25N3O2/c1-3-4-15-5-7-16(8-6-15)12(17)13(2)10-18-9-11(13)14/h11H,3-10,14H2,1-2H3. The second-order valence-corrected chi connectivity index (χ2v) is 5.67. The van der Waals surface area contributed by atoms with Crippen LogP contribution in [0.4, 0.5) is 0 Å². The Morgan fingerprint density at radius 1 is 1.39 bits per heavy atom. The van der Waals surface area contributed by atoms with Crippen LogP contribution in [-0.2, 0) is 9.53 Å². The van der Waals surface area contributed by atoms with E-state index in [4.69, 9.17) is 10.5 Å². The molecule has 2 atom stereocenters. The lowest BCUT2D eigenvalue weighted by molar-refractivity contribution is -0.143. The fourth-order valence-electron chi connectivity index (χ4n) is 2.76. The largest absolute Gasteiger partial charge is 0.379 e. The zero-order chi connectivity index (χ0) is 13.2. The molecule has 2 N–H and O–H groups in total. The Balaban J connectivity index is 1.91. The lowest BCUT2D eigenvalue weighted by atomic mass is 9.84. The predicted octanol–water partition coefficient (Wildman–Crippen LogP) is -0.0956. The van der Waals surface area contributed by atoms with Crippen LogP contribution >= 0.6 is 0 Å². The van der Waals surface area contributed by atoms with Gasteiger partial charge in [0.1, 0.15) is 0 Å². The van der Waals surface area contributed by atoms with Crippen molar-refractivity contribution in [2.24, 2.45) is 11.1 Å². The third-order valence-electron chi connectivity index (χ3n) is 4.21. The first-order chi connectivity index (χ1) is 8.58. The van der Waals surface area contributed by atoms with Gasteiger partial charge in [-0.1, -0.05) is 6.92 Å². The van der Waals surface area contributed by atoms with Crippen LogP contribution in [0.2, 0.25) is 0 Å². The van der Waals surface area contributed by atoms with E-state index in [9.17, 15) is 4.79 Å². The van der Waals surface area contributed by atoms with Crippen LogP contribution in [0, 0.1) is 5.41 Å². The van der Waals surface area contributed by atoms with Gasteiger partial charge in [-0.15, -0.1) is 0 Å². The van der Waals surface area contributed by atoms with E-state index >= 15 is 0 Å². The maximum Gasteiger partial charge on any atom is 0.232 e. The molecule has 1 amide bonds. The summed E-state index contributed by atoms with van der Waals surface area (Å²) in [5.41, 5.74) is 5.49. The lowest BCUT2D eigenvalue weighted by Crippen LogP contribution is -2.56. The van der Waals surface area contributed by atoms with Crippen LogP contribution in [-0.4, -0.2) is 67.7 Å². The molecule has 18 heavy (non-hydrogen) atoms. The number of piperazine rings is 1. The van der Waals surface area contributed by atoms with E-state index in [1.165, 1.54) is 6.42 Å². The molecule has 2 aliphatic rings. The summed E-state index contributed by atoms with van der Waals surface area (Å²) in [6.07, 6.45) is 1.17. The van der Waals surface area contributed by atoms with Crippen molar-refractivity contribution in [3.05, 3.63) is 0 Å². The van der Waals surface area contributed by atoms with Gasteiger partial charge in [-0.25, -0.2) is 0 Å². The summed E-state index contributed by atoms with van der Waals surface area (Å²) >= 11 is 0. The third-order valence-corrected chi connectivity index (χ3v) is 4.21. The Kier molecular flexibility index (Phi) is 4.25. The molecular formula is C13H25N3O2. The fourth-order valence-corrected chi connectivity index (χ4v) is 2.76. The Bertz CT molecular complexity index is 303. The van der Waals surface area contributed by atoms with Gasteiger partial charge in [0.05, 0.1) is 18.6 Å². The molecule has 0 aromatic heterocycles. The van der Waals surface area contributed by atoms with Crippen molar-refractivity contribution >= 4 is 5.91 Å². The summed E-state index contributed by atoms with van der Waals surface area (Å²) in [6, 6.07) is -0.168. The van der Waals surface area contributed by atoms with Gasteiger partial charge < -0.3 is 15.4 Å². The number of carbonyl (C=O) groups is 1. The van der Waals surface area contributed by atoms with Gasteiger partial charge in [0.25, 0.3) is 0 Å². The van der Waals surface area contributed by atoms with E-state index in [0.717, 1.165) is 32.7 Å². The minimum absolute atomic E-state index is 0.168. The first kappa shape index (κ1) is 13.8. The van der Waals surface area contributed by atoms with E-state index in [1.807, 2.05) is 11.8 Å². The van der Waals surface area contributed by atoms with Gasteiger partial charge in [-0.3, -0.25) is 9.69 Å². The van der Waals surface area contributed by atoms with Gasteiger partial charge in [-0.05, 0) is 19.9 Å². The Labute approximate surface area is 109 Å². The minimum Gasteiger partial charge on any atom is -0.379 e. The van der Waals surface area contributed by atoms with Crippen molar-refractivity contribution in [3.63, 3.8) is 0 Å². The second-order valence-electron chi connectivity index (χ2n) is 5.67. The van der Waals surface area contributed by atoms with Crippen molar-refractivity contribution in [3.8, 4) is 0 Å². The van der Waals surface area contributed by atoms with Crippen LogP contribution in [0.25, 0.3) is 0 Å². The Hall–Kier alpha value is -0.650. The molecule has 2 heterocycles. The van der Waals surface area contributed by atoms with Gasteiger partial charge >= 0.3 is 0 Å². The second kappa shape index (κ2) is 5.55. The van der Waals surface area contributed by atoms with Gasteiger partial charge in [0.2, 0.25) is 5.91 Å². The highest BCUT2D eigenvalue weighted by Crippen LogP contribution is 2.29. The summed E-state index contributed by atoms with van der Waals surface area (Å²) in [4.78, 5) is 16.9. The lowest BCUT2D eigenvalue weighted by Gasteiger charge is -2.39. The maximum absolute atomic E-state index is 12.5. The molecule has 2 aliphatic heterocycles. The van der Waals surface area contributed by atoms with Crippen molar-refractivity contribution in [1.29, 1.82) is 0 Å².